The Labute approximate surface area is 82.8 Å². The first-order valence-electron chi connectivity index (χ1n) is 5.51. The highest BCUT2D eigenvalue weighted by Gasteiger charge is 2.26. The van der Waals surface area contributed by atoms with E-state index in [1.807, 2.05) is 6.08 Å². The van der Waals surface area contributed by atoms with Crippen molar-refractivity contribution in [2.75, 3.05) is 7.05 Å². The van der Waals surface area contributed by atoms with Gasteiger partial charge >= 0.3 is 0 Å². The second-order valence-electron chi connectivity index (χ2n) is 4.47. The van der Waals surface area contributed by atoms with Gasteiger partial charge in [0.1, 0.15) is 0 Å². The highest BCUT2D eigenvalue weighted by atomic mass is 15.2. The summed E-state index contributed by atoms with van der Waals surface area (Å²) in [5.74, 6) is 0.862. The zero-order chi connectivity index (χ0) is 9.84. The Balaban J connectivity index is 2.52. The van der Waals surface area contributed by atoms with Crippen LogP contribution in [0, 0.1) is 5.92 Å². The number of nitrogens with zero attached hydrogens (tertiary/aromatic N) is 1. The van der Waals surface area contributed by atoms with E-state index in [0.29, 0.717) is 6.04 Å². The van der Waals surface area contributed by atoms with Crippen LogP contribution in [0.15, 0.2) is 12.7 Å². The Kier molecular flexibility index (Phi) is 3.98. The summed E-state index contributed by atoms with van der Waals surface area (Å²) in [6.07, 6.45) is 7.65. The molecule has 1 aliphatic rings. The van der Waals surface area contributed by atoms with Crippen molar-refractivity contribution in [3.63, 3.8) is 0 Å². The van der Waals surface area contributed by atoms with Crippen LogP contribution >= 0.6 is 0 Å². The molecule has 0 spiro atoms. The van der Waals surface area contributed by atoms with Crippen LogP contribution in [-0.2, 0) is 0 Å². The quantitative estimate of drug-likeness (QED) is 0.605. The van der Waals surface area contributed by atoms with Crippen LogP contribution in [0.2, 0.25) is 0 Å². The van der Waals surface area contributed by atoms with Crippen molar-refractivity contribution in [2.45, 2.75) is 51.6 Å². The molecule has 1 rings (SSSR count). The summed E-state index contributed by atoms with van der Waals surface area (Å²) in [6, 6.07) is 1.30. The second kappa shape index (κ2) is 4.80. The van der Waals surface area contributed by atoms with Gasteiger partial charge in [-0.2, -0.15) is 0 Å². The summed E-state index contributed by atoms with van der Waals surface area (Å²) in [6.45, 7) is 8.48. The average Bonchev–Trinajstić information content (AvgIpc) is 2.16. The van der Waals surface area contributed by atoms with Gasteiger partial charge in [0, 0.05) is 12.1 Å². The fourth-order valence-electron chi connectivity index (χ4n) is 2.37. The monoisotopic (exact) mass is 181 g/mol. The number of hydrogen-bond acceptors (Lipinski definition) is 1. The molecule has 13 heavy (non-hydrogen) atoms. The normalized spacial score (nSPS) is 31.7. The van der Waals surface area contributed by atoms with E-state index in [4.69, 9.17) is 0 Å². The van der Waals surface area contributed by atoms with Gasteiger partial charge < -0.3 is 0 Å². The Bertz CT molecular complexity index is 165. The van der Waals surface area contributed by atoms with E-state index in [9.17, 15) is 0 Å². The molecule has 76 valence electrons. The van der Waals surface area contributed by atoms with Crippen molar-refractivity contribution in [3.8, 4) is 0 Å². The highest BCUT2D eigenvalue weighted by molar-refractivity contribution is 4.89. The lowest BCUT2D eigenvalue weighted by Gasteiger charge is -2.38. The first-order valence-corrected chi connectivity index (χ1v) is 5.51. The molecule has 0 radical (unpaired) electrons. The molecule has 0 aromatic rings. The summed E-state index contributed by atoms with van der Waals surface area (Å²) < 4.78 is 0. The lowest BCUT2D eigenvalue weighted by Crippen LogP contribution is -2.43. The molecular formula is C12H23N. The highest BCUT2D eigenvalue weighted by Crippen LogP contribution is 2.28. The summed E-state index contributed by atoms with van der Waals surface area (Å²) in [5.41, 5.74) is 0. The van der Waals surface area contributed by atoms with Gasteiger partial charge in [-0.1, -0.05) is 25.8 Å². The molecule has 0 aromatic carbocycles. The molecular weight excluding hydrogens is 158 g/mol. The molecule has 3 unspecified atom stereocenters. The van der Waals surface area contributed by atoms with Crippen molar-refractivity contribution in [1.29, 1.82) is 0 Å². The molecule has 1 saturated carbocycles. The second-order valence-corrected chi connectivity index (χ2v) is 4.47. The average molecular weight is 181 g/mol. The van der Waals surface area contributed by atoms with Crippen LogP contribution in [0.1, 0.15) is 39.5 Å². The standard InChI is InChI=1S/C12H23N/c1-5-11(3)13(4)12-9-7-6-8-10(12)2/h5,10-12H,1,6-9H2,2-4H3. The summed E-state index contributed by atoms with van der Waals surface area (Å²) in [7, 11) is 2.23. The first kappa shape index (κ1) is 10.8. The Morgan fingerprint density at radius 2 is 2.00 bits per heavy atom. The predicted octanol–water partition coefficient (Wildman–Crippen LogP) is 3.07. The summed E-state index contributed by atoms with van der Waals surface area (Å²) >= 11 is 0. The molecule has 1 aliphatic carbocycles. The molecule has 0 N–H and O–H groups in total. The Hall–Kier alpha value is -0.300. The van der Waals surface area contributed by atoms with Gasteiger partial charge in [-0.15, -0.1) is 6.58 Å². The van der Waals surface area contributed by atoms with E-state index in [1.54, 1.807) is 0 Å². The fourth-order valence-corrected chi connectivity index (χ4v) is 2.37. The van der Waals surface area contributed by atoms with E-state index in [2.05, 4.69) is 32.4 Å². The zero-order valence-corrected chi connectivity index (χ0v) is 9.29. The van der Waals surface area contributed by atoms with E-state index in [-0.39, 0.29) is 0 Å². The van der Waals surface area contributed by atoms with Crippen LogP contribution in [0.25, 0.3) is 0 Å². The maximum Gasteiger partial charge on any atom is 0.0247 e. The predicted molar refractivity (Wildman–Crippen MR) is 58.8 cm³/mol. The maximum atomic E-state index is 3.86. The van der Waals surface area contributed by atoms with Crippen LogP contribution < -0.4 is 0 Å². The maximum absolute atomic E-state index is 3.86. The van der Waals surface area contributed by atoms with Gasteiger partial charge in [-0.25, -0.2) is 0 Å². The van der Waals surface area contributed by atoms with Gasteiger partial charge in [0.05, 0.1) is 0 Å². The van der Waals surface area contributed by atoms with Crippen molar-refractivity contribution in [2.24, 2.45) is 5.92 Å². The fraction of sp³-hybridized carbons (Fsp3) is 0.833. The first-order chi connectivity index (χ1) is 6.16. The summed E-state index contributed by atoms with van der Waals surface area (Å²) in [5, 5.41) is 0. The lowest BCUT2D eigenvalue weighted by atomic mass is 9.84. The molecule has 0 aromatic heterocycles. The van der Waals surface area contributed by atoms with Gasteiger partial charge in [-0.05, 0) is 32.7 Å². The smallest absolute Gasteiger partial charge is 0.0247 e. The van der Waals surface area contributed by atoms with E-state index < -0.39 is 0 Å². The van der Waals surface area contributed by atoms with Crippen molar-refractivity contribution < 1.29 is 0 Å². The minimum atomic E-state index is 0.519. The van der Waals surface area contributed by atoms with Crippen LogP contribution in [0.3, 0.4) is 0 Å². The zero-order valence-electron chi connectivity index (χ0n) is 9.29. The van der Waals surface area contributed by atoms with Crippen LogP contribution in [0.5, 0.6) is 0 Å². The molecule has 0 heterocycles. The minimum absolute atomic E-state index is 0.519. The molecule has 1 fully saturated rings. The van der Waals surface area contributed by atoms with Crippen molar-refractivity contribution in [1.82, 2.24) is 4.90 Å². The Morgan fingerprint density at radius 3 is 2.54 bits per heavy atom. The molecule has 3 atom stereocenters. The third kappa shape index (κ3) is 2.57. The number of likely N-dealkylation sites (N-methyl/N-ethyl adjacent to an activating group) is 1. The molecule has 1 heteroatoms. The van der Waals surface area contributed by atoms with E-state index >= 15 is 0 Å². The third-order valence-electron chi connectivity index (χ3n) is 3.57. The third-order valence-corrected chi connectivity index (χ3v) is 3.57. The molecule has 1 nitrogen and oxygen atoms in total. The molecule has 0 saturated heterocycles. The van der Waals surface area contributed by atoms with Crippen molar-refractivity contribution >= 4 is 0 Å². The molecule has 0 aliphatic heterocycles. The number of rotatable bonds is 3. The number of hydrogen-bond donors (Lipinski definition) is 0. The largest absolute Gasteiger partial charge is 0.297 e. The van der Waals surface area contributed by atoms with Gasteiger partial charge in [0.2, 0.25) is 0 Å². The minimum Gasteiger partial charge on any atom is -0.297 e. The SMILES string of the molecule is C=CC(C)N(C)C1CCCCC1C. The van der Waals surface area contributed by atoms with Crippen LogP contribution in [0.4, 0.5) is 0 Å². The van der Waals surface area contributed by atoms with Crippen molar-refractivity contribution in [3.05, 3.63) is 12.7 Å². The van der Waals surface area contributed by atoms with Gasteiger partial charge in [-0.3, -0.25) is 4.90 Å². The van der Waals surface area contributed by atoms with Crippen LogP contribution in [-0.4, -0.2) is 24.0 Å². The summed E-state index contributed by atoms with van der Waals surface area (Å²) in [4.78, 5) is 2.48. The van der Waals surface area contributed by atoms with E-state index in [0.717, 1.165) is 12.0 Å². The van der Waals surface area contributed by atoms with Gasteiger partial charge in [0.15, 0.2) is 0 Å². The van der Waals surface area contributed by atoms with Gasteiger partial charge in [0.25, 0.3) is 0 Å². The topological polar surface area (TPSA) is 3.24 Å². The Morgan fingerprint density at radius 1 is 1.38 bits per heavy atom. The lowest BCUT2D eigenvalue weighted by molar-refractivity contribution is 0.121. The molecule has 0 amide bonds. The molecule has 0 bridgehead atoms. The van der Waals surface area contributed by atoms with E-state index in [1.165, 1.54) is 25.7 Å².